The lowest BCUT2D eigenvalue weighted by atomic mass is 10.1. The lowest BCUT2D eigenvalue weighted by Crippen LogP contribution is -2.03. The molecule has 0 heterocycles. The number of benzene rings is 2. The average molecular weight is 321 g/mol. The van der Waals surface area contributed by atoms with Crippen molar-refractivity contribution in [1.29, 1.82) is 0 Å². The highest BCUT2D eigenvalue weighted by molar-refractivity contribution is 9.10. The van der Waals surface area contributed by atoms with Crippen molar-refractivity contribution in [1.82, 2.24) is 0 Å². The molecule has 0 aromatic heterocycles. The standard InChI is InChI=1S/C15H13BrOS/c16-14-9-5-4-8-13(14)15(17)11-18-10-12-6-2-1-3-7-12/h1-9H,10-11H2. The minimum Gasteiger partial charge on any atom is -0.293 e. The van der Waals surface area contributed by atoms with Gasteiger partial charge in [-0.1, -0.05) is 64.5 Å². The third kappa shape index (κ3) is 3.72. The Morgan fingerprint density at radius 1 is 1.00 bits per heavy atom. The third-order valence-corrected chi connectivity index (χ3v) is 4.21. The van der Waals surface area contributed by atoms with E-state index in [9.17, 15) is 4.79 Å². The van der Waals surface area contributed by atoms with E-state index in [4.69, 9.17) is 0 Å². The fraction of sp³-hybridized carbons (Fsp3) is 0.133. The molecule has 0 unspecified atom stereocenters. The minimum absolute atomic E-state index is 0.170. The molecule has 2 aromatic carbocycles. The summed E-state index contributed by atoms with van der Waals surface area (Å²) in [7, 11) is 0. The summed E-state index contributed by atoms with van der Waals surface area (Å²) in [4.78, 5) is 12.0. The van der Waals surface area contributed by atoms with Crippen LogP contribution in [-0.4, -0.2) is 11.5 Å². The summed E-state index contributed by atoms with van der Waals surface area (Å²) in [5.41, 5.74) is 2.01. The summed E-state index contributed by atoms with van der Waals surface area (Å²) in [6.07, 6.45) is 0. The highest BCUT2D eigenvalue weighted by Gasteiger charge is 2.08. The first-order chi connectivity index (χ1) is 8.77. The molecule has 0 saturated carbocycles. The molecule has 18 heavy (non-hydrogen) atoms. The van der Waals surface area contributed by atoms with E-state index >= 15 is 0 Å². The second-order valence-corrected chi connectivity index (χ2v) is 5.72. The van der Waals surface area contributed by atoms with Crippen molar-refractivity contribution in [3.05, 3.63) is 70.2 Å². The number of thioether (sulfide) groups is 1. The van der Waals surface area contributed by atoms with Gasteiger partial charge in [0.05, 0.1) is 5.75 Å². The first kappa shape index (κ1) is 13.4. The number of halogens is 1. The Morgan fingerprint density at radius 3 is 2.39 bits per heavy atom. The van der Waals surface area contributed by atoms with Crippen molar-refractivity contribution in [2.24, 2.45) is 0 Å². The molecule has 0 bridgehead atoms. The maximum Gasteiger partial charge on any atom is 0.173 e. The normalized spacial score (nSPS) is 10.3. The third-order valence-electron chi connectivity index (χ3n) is 2.52. The first-order valence-corrected chi connectivity index (χ1v) is 7.61. The first-order valence-electron chi connectivity index (χ1n) is 5.67. The molecule has 2 rings (SSSR count). The maximum atomic E-state index is 12.0. The molecule has 0 aliphatic rings. The fourth-order valence-corrected chi connectivity index (χ4v) is 2.98. The van der Waals surface area contributed by atoms with Gasteiger partial charge in [-0.05, 0) is 11.6 Å². The highest BCUT2D eigenvalue weighted by Crippen LogP contribution is 2.19. The molecule has 92 valence electrons. The molecule has 0 N–H and O–H groups in total. The zero-order valence-electron chi connectivity index (χ0n) is 9.80. The Hall–Kier alpha value is -1.06. The monoisotopic (exact) mass is 320 g/mol. The van der Waals surface area contributed by atoms with Gasteiger partial charge in [0.1, 0.15) is 0 Å². The number of ketones is 1. The lowest BCUT2D eigenvalue weighted by molar-refractivity contribution is 0.102. The number of hydrogen-bond acceptors (Lipinski definition) is 2. The van der Waals surface area contributed by atoms with Crippen LogP contribution in [0.4, 0.5) is 0 Å². The smallest absolute Gasteiger partial charge is 0.173 e. The van der Waals surface area contributed by atoms with E-state index in [1.165, 1.54) is 5.56 Å². The van der Waals surface area contributed by atoms with E-state index in [1.807, 2.05) is 42.5 Å². The Bertz CT molecular complexity index is 525. The summed E-state index contributed by atoms with van der Waals surface area (Å²) in [5.74, 6) is 1.55. The maximum absolute atomic E-state index is 12.0. The summed E-state index contributed by atoms with van der Waals surface area (Å²) in [5, 5.41) is 0. The summed E-state index contributed by atoms with van der Waals surface area (Å²) >= 11 is 5.05. The molecule has 0 radical (unpaired) electrons. The van der Waals surface area contributed by atoms with Crippen molar-refractivity contribution in [2.45, 2.75) is 5.75 Å². The van der Waals surface area contributed by atoms with Crippen LogP contribution < -0.4 is 0 Å². The van der Waals surface area contributed by atoms with Gasteiger partial charge in [0.15, 0.2) is 5.78 Å². The van der Waals surface area contributed by atoms with Crippen LogP contribution in [0.25, 0.3) is 0 Å². The number of rotatable bonds is 5. The average Bonchev–Trinajstić information content (AvgIpc) is 2.40. The predicted octanol–water partition coefficient (Wildman–Crippen LogP) is 4.57. The number of carbonyl (C=O) groups is 1. The Morgan fingerprint density at radius 2 is 1.67 bits per heavy atom. The summed E-state index contributed by atoms with van der Waals surface area (Å²) < 4.78 is 0.871. The molecule has 0 aliphatic carbocycles. The van der Waals surface area contributed by atoms with Crippen LogP contribution in [-0.2, 0) is 5.75 Å². The van der Waals surface area contributed by atoms with Gasteiger partial charge in [0.25, 0.3) is 0 Å². The van der Waals surface area contributed by atoms with Crippen LogP contribution in [0.2, 0.25) is 0 Å². The van der Waals surface area contributed by atoms with Gasteiger partial charge in [-0.3, -0.25) is 4.79 Å². The van der Waals surface area contributed by atoms with Crippen LogP contribution in [0.1, 0.15) is 15.9 Å². The molecule has 3 heteroatoms. The van der Waals surface area contributed by atoms with E-state index in [0.29, 0.717) is 5.75 Å². The molecule has 1 nitrogen and oxygen atoms in total. The molecule has 0 fully saturated rings. The van der Waals surface area contributed by atoms with Crippen molar-refractivity contribution < 1.29 is 4.79 Å². The Kier molecular flexibility index (Phi) is 5.02. The largest absolute Gasteiger partial charge is 0.293 e. The van der Waals surface area contributed by atoms with Gasteiger partial charge in [-0.2, -0.15) is 0 Å². The van der Waals surface area contributed by atoms with Crippen molar-refractivity contribution in [3.8, 4) is 0 Å². The quantitative estimate of drug-likeness (QED) is 0.751. The Labute approximate surface area is 120 Å². The van der Waals surface area contributed by atoms with Gasteiger partial charge in [0, 0.05) is 15.8 Å². The highest BCUT2D eigenvalue weighted by atomic mass is 79.9. The molecular weight excluding hydrogens is 308 g/mol. The fourth-order valence-electron chi connectivity index (χ4n) is 1.60. The number of carbonyl (C=O) groups excluding carboxylic acids is 1. The molecule has 2 aromatic rings. The molecule has 0 atom stereocenters. The van der Waals surface area contributed by atoms with E-state index in [2.05, 4.69) is 28.1 Å². The van der Waals surface area contributed by atoms with Crippen molar-refractivity contribution >= 4 is 33.5 Å². The van der Waals surface area contributed by atoms with Gasteiger partial charge in [-0.25, -0.2) is 0 Å². The number of hydrogen-bond donors (Lipinski definition) is 0. The van der Waals surface area contributed by atoms with Crippen LogP contribution >= 0.6 is 27.7 Å². The van der Waals surface area contributed by atoms with E-state index in [0.717, 1.165) is 15.8 Å². The number of Topliss-reactive ketones (excluding diaryl/α,β-unsaturated/α-hetero) is 1. The van der Waals surface area contributed by atoms with E-state index in [1.54, 1.807) is 11.8 Å². The van der Waals surface area contributed by atoms with Gasteiger partial charge in [-0.15, -0.1) is 11.8 Å². The molecule has 0 aliphatic heterocycles. The van der Waals surface area contributed by atoms with E-state index < -0.39 is 0 Å². The molecule has 0 amide bonds. The zero-order valence-corrected chi connectivity index (χ0v) is 12.2. The van der Waals surface area contributed by atoms with Crippen molar-refractivity contribution in [2.75, 3.05) is 5.75 Å². The van der Waals surface area contributed by atoms with Gasteiger partial charge < -0.3 is 0 Å². The molecular formula is C15H13BrOS. The van der Waals surface area contributed by atoms with Crippen LogP contribution in [0.5, 0.6) is 0 Å². The van der Waals surface area contributed by atoms with Crippen LogP contribution in [0.15, 0.2) is 59.1 Å². The van der Waals surface area contributed by atoms with Crippen molar-refractivity contribution in [3.63, 3.8) is 0 Å². The summed E-state index contributed by atoms with van der Waals surface area (Å²) in [6, 6.07) is 17.8. The topological polar surface area (TPSA) is 17.1 Å². The Balaban J connectivity index is 1.88. The summed E-state index contributed by atoms with van der Waals surface area (Å²) in [6.45, 7) is 0. The second-order valence-electron chi connectivity index (χ2n) is 3.88. The SMILES string of the molecule is O=C(CSCc1ccccc1)c1ccccc1Br. The van der Waals surface area contributed by atoms with Crippen LogP contribution in [0.3, 0.4) is 0 Å². The van der Waals surface area contributed by atoms with E-state index in [-0.39, 0.29) is 5.78 Å². The molecule has 0 saturated heterocycles. The zero-order chi connectivity index (χ0) is 12.8. The second kappa shape index (κ2) is 6.76. The molecule has 0 spiro atoms. The lowest BCUT2D eigenvalue weighted by Gasteiger charge is -2.03. The minimum atomic E-state index is 0.170. The van der Waals surface area contributed by atoms with Gasteiger partial charge >= 0.3 is 0 Å². The van der Waals surface area contributed by atoms with Gasteiger partial charge in [0.2, 0.25) is 0 Å². The predicted molar refractivity (Wildman–Crippen MR) is 81.1 cm³/mol. The van der Waals surface area contributed by atoms with Crippen LogP contribution in [0, 0.1) is 0 Å².